The fraction of sp³-hybridized carbons (Fsp3) is 0.480. The summed E-state index contributed by atoms with van der Waals surface area (Å²) in [6, 6.07) is 14.4. The van der Waals surface area contributed by atoms with Crippen LogP contribution < -0.4 is 0 Å². The molecule has 1 amide bonds. The third-order valence-corrected chi connectivity index (χ3v) is 7.64. The van der Waals surface area contributed by atoms with Crippen molar-refractivity contribution in [2.24, 2.45) is 0 Å². The van der Waals surface area contributed by atoms with Gasteiger partial charge in [-0.3, -0.25) is 9.80 Å². The van der Waals surface area contributed by atoms with Gasteiger partial charge in [-0.1, -0.05) is 36.4 Å². The number of fused-ring (bicyclic) bond motifs is 1. The molecule has 5 nitrogen and oxygen atoms in total. The Bertz CT molecular complexity index is 989. The Labute approximate surface area is 193 Å². The molecule has 2 aromatic carbocycles. The van der Waals surface area contributed by atoms with E-state index in [1.807, 2.05) is 17.0 Å². The number of carbonyl (C=O) groups is 1. The van der Waals surface area contributed by atoms with E-state index in [1.54, 1.807) is 12.1 Å². The molecule has 3 aliphatic carbocycles. The van der Waals surface area contributed by atoms with Crippen molar-refractivity contribution in [1.29, 1.82) is 0 Å². The highest BCUT2D eigenvalue weighted by molar-refractivity contribution is 5.85. The lowest BCUT2D eigenvalue weighted by Gasteiger charge is -2.72. The molecule has 3 saturated carbocycles. The maximum atomic E-state index is 13.6. The normalized spacial score (nSPS) is 30.9. The summed E-state index contributed by atoms with van der Waals surface area (Å²) in [6.45, 7) is 4.13. The average Bonchev–Trinajstić information content (AvgIpc) is 2.75. The van der Waals surface area contributed by atoms with Gasteiger partial charge in [0.15, 0.2) is 0 Å². The standard InChI is InChI=1S/C25H27FN2O3.ClH/c26-20-7-5-19(6-8-20)22-21-4-2-1-3-18(21)9-10-28(22)23(29)31-25-15-24(16-25,17-25)27-11-13-30-14-12-27;/h1-8,22H,9-17H2;1H/t22-,24?,25?;/m0./s1. The molecule has 1 saturated heterocycles. The SMILES string of the molecule is Cl.O=C(OC12CC(N3CCOCC3)(C1)C2)N1CCc2ccccc2[C@@H]1c1ccc(F)cc1. The van der Waals surface area contributed by atoms with Crippen molar-refractivity contribution < 1.29 is 18.7 Å². The van der Waals surface area contributed by atoms with Gasteiger partial charge < -0.3 is 9.47 Å². The lowest BCUT2D eigenvalue weighted by Crippen LogP contribution is -2.80. The first-order valence-corrected chi connectivity index (χ1v) is 11.2. The smallest absolute Gasteiger partial charge is 0.411 e. The van der Waals surface area contributed by atoms with Crippen LogP contribution >= 0.6 is 12.4 Å². The van der Waals surface area contributed by atoms with Crippen LogP contribution in [0.25, 0.3) is 0 Å². The number of amides is 1. The maximum absolute atomic E-state index is 13.6. The number of hydrogen-bond donors (Lipinski definition) is 0. The van der Waals surface area contributed by atoms with E-state index in [2.05, 4.69) is 17.0 Å². The molecule has 2 bridgehead atoms. The number of benzene rings is 2. The zero-order valence-electron chi connectivity index (χ0n) is 18.0. The van der Waals surface area contributed by atoms with E-state index >= 15 is 0 Å². The van der Waals surface area contributed by atoms with E-state index in [1.165, 1.54) is 17.7 Å². The summed E-state index contributed by atoms with van der Waals surface area (Å²) in [7, 11) is 0. The molecule has 5 aliphatic rings. The largest absolute Gasteiger partial charge is 0.443 e. The first-order chi connectivity index (χ1) is 15.1. The summed E-state index contributed by atoms with van der Waals surface area (Å²) in [5, 5.41) is 0. The Hall–Kier alpha value is -2.15. The van der Waals surface area contributed by atoms with Crippen molar-refractivity contribution in [2.75, 3.05) is 32.8 Å². The van der Waals surface area contributed by atoms with Crippen LogP contribution in [0.4, 0.5) is 9.18 Å². The number of ether oxygens (including phenoxy) is 2. The van der Waals surface area contributed by atoms with Crippen LogP contribution in [-0.4, -0.2) is 59.9 Å². The molecular weight excluding hydrogens is 431 g/mol. The van der Waals surface area contributed by atoms with Crippen LogP contribution in [0.5, 0.6) is 0 Å². The van der Waals surface area contributed by atoms with Gasteiger partial charge in [0.05, 0.1) is 19.3 Å². The number of carbonyl (C=O) groups excluding carboxylic acids is 1. The van der Waals surface area contributed by atoms with E-state index in [0.717, 1.165) is 63.1 Å². The third kappa shape index (κ3) is 3.40. The van der Waals surface area contributed by atoms with E-state index in [4.69, 9.17) is 9.47 Å². The molecule has 2 aliphatic heterocycles. The van der Waals surface area contributed by atoms with E-state index in [0.29, 0.717) is 6.54 Å². The fourth-order valence-corrected chi connectivity index (χ4v) is 6.14. The van der Waals surface area contributed by atoms with Crippen LogP contribution in [0.2, 0.25) is 0 Å². The Balaban J connectivity index is 0.00000216. The molecule has 1 atom stereocenters. The molecule has 170 valence electrons. The highest BCUT2D eigenvalue weighted by atomic mass is 35.5. The second kappa shape index (κ2) is 8.01. The molecule has 7 heteroatoms. The van der Waals surface area contributed by atoms with Gasteiger partial charge in [-0.2, -0.15) is 0 Å². The molecule has 4 fully saturated rings. The summed E-state index contributed by atoms with van der Waals surface area (Å²) in [5.41, 5.74) is 3.15. The average molecular weight is 459 g/mol. The Morgan fingerprint density at radius 3 is 2.41 bits per heavy atom. The van der Waals surface area contributed by atoms with Crippen molar-refractivity contribution in [3.8, 4) is 0 Å². The zero-order chi connectivity index (χ0) is 21.1. The highest BCUT2D eigenvalue weighted by Crippen LogP contribution is 2.66. The second-order valence-corrected chi connectivity index (χ2v) is 9.50. The van der Waals surface area contributed by atoms with Gasteiger partial charge >= 0.3 is 6.09 Å². The van der Waals surface area contributed by atoms with Crippen molar-refractivity contribution in [3.63, 3.8) is 0 Å². The molecule has 0 unspecified atom stereocenters. The Kier molecular flexibility index (Phi) is 5.43. The summed E-state index contributed by atoms with van der Waals surface area (Å²) in [4.78, 5) is 17.7. The number of nitrogens with zero attached hydrogens (tertiary/aromatic N) is 2. The van der Waals surface area contributed by atoms with Gasteiger partial charge in [-0.15, -0.1) is 12.4 Å². The predicted molar refractivity (Wildman–Crippen MR) is 121 cm³/mol. The second-order valence-electron chi connectivity index (χ2n) is 9.50. The minimum absolute atomic E-state index is 0. The molecular formula is C25H28ClFN2O3. The first kappa shape index (κ1) is 21.7. The van der Waals surface area contributed by atoms with Crippen LogP contribution in [0.1, 0.15) is 42.0 Å². The van der Waals surface area contributed by atoms with Crippen molar-refractivity contribution in [1.82, 2.24) is 9.80 Å². The lowest BCUT2D eigenvalue weighted by atomic mass is 9.45. The van der Waals surface area contributed by atoms with Gasteiger partial charge in [0, 0.05) is 44.4 Å². The Morgan fingerprint density at radius 1 is 1.00 bits per heavy atom. The van der Waals surface area contributed by atoms with E-state index in [-0.39, 0.29) is 41.5 Å². The van der Waals surface area contributed by atoms with Gasteiger partial charge in [0.2, 0.25) is 0 Å². The summed E-state index contributed by atoms with van der Waals surface area (Å²) in [6.07, 6.45) is 3.33. The number of rotatable bonds is 3. The van der Waals surface area contributed by atoms with Gasteiger partial charge in [-0.25, -0.2) is 9.18 Å². The quantitative estimate of drug-likeness (QED) is 0.686. The van der Waals surface area contributed by atoms with Crippen LogP contribution in [-0.2, 0) is 15.9 Å². The molecule has 0 radical (unpaired) electrons. The minimum Gasteiger partial charge on any atom is -0.443 e. The monoisotopic (exact) mass is 458 g/mol. The molecule has 0 aromatic heterocycles. The summed E-state index contributed by atoms with van der Waals surface area (Å²) in [5.74, 6) is -0.274. The Morgan fingerprint density at radius 2 is 1.69 bits per heavy atom. The molecule has 7 rings (SSSR count). The molecule has 0 spiro atoms. The summed E-state index contributed by atoms with van der Waals surface area (Å²) < 4.78 is 25.2. The number of hydrogen-bond acceptors (Lipinski definition) is 4. The van der Waals surface area contributed by atoms with Gasteiger partial charge in [0.1, 0.15) is 11.4 Å². The van der Waals surface area contributed by atoms with Gasteiger partial charge in [-0.05, 0) is 35.2 Å². The van der Waals surface area contributed by atoms with Crippen molar-refractivity contribution >= 4 is 18.5 Å². The maximum Gasteiger partial charge on any atom is 0.411 e. The third-order valence-electron chi connectivity index (χ3n) is 7.64. The van der Waals surface area contributed by atoms with Crippen LogP contribution in [0, 0.1) is 5.82 Å². The van der Waals surface area contributed by atoms with Crippen LogP contribution in [0.15, 0.2) is 48.5 Å². The van der Waals surface area contributed by atoms with Crippen molar-refractivity contribution in [2.45, 2.75) is 42.9 Å². The molecule has 2 aromatic rings. The fourth-order valence-electron chi connectivity index (χ4n) is 6.14. The molecule has 2 heterocycles. The number of morpholine rings is 1. The highest BCUT2D eigenvalue weighted by Gasteiger charge is 2.73. The van der Waals surface area contributed by atoms with Crippen LogP contribution in [0.3, 0.4) is 0 Å². The minimum atomic E-state index is -0.306. The molecule has 0 N–H and O–H groups in total. The van der Waals surface area contributed by atoms with E-state index in [9.17, 15) is 9.18 Å². The molecule has 32 heavy (non-hydrogen) atoms. The first-order valence-electron chi connectivity index (χ1n) is 11.2. The number of halogens is 2. The van der Waals surface area contributed by atoms with Gasteiger partial charge in [0.25, 0.3) is 0 Å². The lowest BCUT2D eigenvalue weighted by molar-refractivity contribution is -0.275. The predicted octanol–water partition coefficient (Wildman–Crippen LogP) is 4.34. The van der Waals surface area contributed by atoms with Crippen molar-refractivity contribution in [3.05, 3.63) is 71.0 Å². The zero-order valence-corrected chi connectivity index (χ0v) is 18.8. The topological polar surface area (TPSA) is 42.0 Å². The van der Waals surface area contributed by atoms with E-state index < -0.39 is 0 Å². The summed E-state index contributed by atoms with van der Waals surface area (Å²) >= 11 is 0.